The van der Waals surface area contributed by atoms with Crippen LogP contribution in [0, 0.1) is 0 Å². The number of halogens is 2. The first-order chi connectivity index (χ1) is 3.63. The Bertz CT molecular complexity index is 82.1. The Hall–Kier alpha value is 0.0500. The van der Waals surface area contributed by atoms with Crippen LogP contribution in [0.4, 0.5) is 0 Å². The van der Waals surface area contributed by atoms with Crippen molar-refractivity contribution in [2.45, 2.75) is 17.7 Å². The third-order valence-electron chi connectivity index (χ3n) is 0.576. The van der Waals surface area contributed by atoms with Crippen LogP contribution in [0.5, 0.6) is 0 Å². The van der Waals surface area contributed by atoms with Gasteiger partial charge in [0.15, 0.2) is 0 Å². The van der Waals surface area contributed by atoms with E-state index in [1.54, 1.807) is 0 Å². The molecule has 0 saturated carbocycles. The second-order valence-corrected chi connectivity index (χ2v) is 2.60. The van der Waals surface area contributed by atoms with Crippen molar-refractivity contribution in [2.75, 3.05) is 0 Å². The molecule has 0 saturated heterocycles. The lowest BCUT2D eigenvalue weighted by Crippen LogP contribution is -1.97. The van der Waals surface area contributed by atoms with Crippen molar-refractivity contribution >= 4 is 29.2 Å². The molecule has 0 rings (SSSR count). The highest BCUT2D eigenvalue weighted by molar-refractivity contribution is 6.44. The van der Waals surface area contributed by atoms with Crippen LogP contribution in [-0.2, 0) is 4.79 Å². The molecule has 1 N–H and O–H groups in total. The van der Waals surface area contributed by atoms with Crippen LogP contribution >= 0.6 is 23.2 Å². The molecule has 0 spiro atoms. The second-order valence-electron chi connectivity index (χ2n) is 1.32. The molecule has 0 aliphatic carbocycles. The van der Waals surface area contributed by atoms with Gasteiger partial charge in [0.1, 0.15) is 4.84 Å². The van der Waals surface area contributed by atoms with Crippen molar-refractivity contribution in [2.24, 2.45) is 0 Å². The molecular formula is C4H6Cl2O2. The van der Waals surface area contributed by atoms with Crippen molar-refractivity contribution in [3.63, 3.8) is 0 Å². The highest BCUT2D eigenvalue weighted by Gasteiger charge is 2.01. The Balaban J connectivity index is 3.05. The third-order valence-corrected chi connectivity index (χ3v) is 1.01. The van der Waals surface area contributed by atoms with E-state index in [0.29, 0.717) is 6.42 Å². The minimum absolute atomic E-state index is 0.0394. The Labute approximate surface area is 57.4 Å². The summed E-state index contributed by atoms with van der Waals surface area (Å²) in [5, 5.41) is 8.05. The summed E-state index contributed by atoms with van der Waals surface area (Å²) in [7, 11) is 0. The van der Waals surface area contributed by atoms with Crippen LogP contribution in [0.15, 0.2) is 0 Å². The molecule has 2 nitrogen and oxygen atoms in total. The summed E-state index contributed by atoms with van der Waals surface area (Å²) >= 11 is 10.4. The summed E-state index contributed by atoms with van der Waals surface area (Å²) < 4.78 is 0. The van der Waals surface area contributed by atoms with E-state index >= 15 is 0 Å². The molecule has 48 valence electrons. The number of hydrogen-bond acceptors (Lipinski definition) is 1. The van der Waals surface area contributed by atoms with E-state index in [2.05, 4.69) is 0 Å². The van der Waals surface area contributed by atoms with Crippen molar-refractivity contribution in [1.82, 2.24) is 0 Å². The zero-order chi connectivity index (χ0) is 6.57. The average molecular weight is 157 g/mol. The fraction of sp³-hybridized carbons (Fsp3) is 0.750. The van der Waals surface area contributed by atoms with Gasteiger partial charge in [-0.15, -0.1) is 23.2 Å². The minimum atomic E-state index is -0.865. The summed E-state index contributed by atoms with van der Waals surface area (Å²) in [4.78, 5) is 9.24. The van der Waals surface area contributed by atoms with Gasteiger partial charge in [0.2, 0.25) is 0 Å². The first kappa shape index (κ1) is 8.05. The molecule has 4 heteroatoms. The molecule has 0 fully saturated rings. The molecule has 0 atom stereocenters. The van der Waals surface area contributed by atoms with Crippen LogP contribution in [-0.4, -0.2) is 15.9 Å². The number of aliphatic carboxylic acids is 1. The van der Waals surface area contributed by atoms with Gasteiger partial charge in [-0.3, -0.25) is 4.79 Å². The zero-order valence-electron chi connectivity index (χ0n) is 4.10. The summed E-state index contributed by atoms with van der Waals surface area (Å²) in [6.07, 6.45) is 0.357. The fourth-order valence-electron chi connectivity index (χ4n) is 0.233. The van der Waals surface area contributed by atoms with Gasteiger partial charge in [-0.1, -0.05) is 0 Å². The van der Waals surface area contributed by atoms with Crippen LogP contribution in [0.3, 0.4) is 0 Å². The molecule has 0 unspecified atom stereocenters. The van der Waals surface area contributed by atoms with E-state index in [4.69, 9.17) is 28.3 Å². The highest BCUT2D eigenvalue weighted by Crippen LogP contribution is 2.08. The number of alkyl halides is 2. The lowest BCUT2D eigenvalue weighted by Gasteiger charge is -1.93. The van der Waals surface area contributed by atoms with E-state index in [1.165, 1.54) is 0 Å². The smallest absolute Gasteiger partial charge is 0.303 e. The molecule has 0 amide bonds. The minimum Gasteiger partial charge on any atom is -0.481 e. The van der Waals surface area contributed by atoms with Gasteiger partial charge < -0.3 is 5.11 Å². The predicted octanol–water partition coefficient (Wildman–Crippen LogP) is 1.65. The Morgan fingerprint density at radius 1 is 1.62 bits per heavy atom. The second kappa shape index (κ2) is 3.98. The molecule has 0 bridgehead atoms. The largest absolute Gasteiger partial charge is 0.481 e. The van der Waals surface area contributed by atoms with Gasteiger partial charge in [0.05, 0.1) is 0 Å². The summed E-state index contributed by atoms with van der Waals surface area (Å²) in [5.74, 6) is -0.865. The molecular weight excluding hydrogens is 151 g/mol. The number of rotatable bonds is 3. The van der Waals surface area contributed by atoms with Crippen molar-refractivity contribution < 1.29 is 9.90 Å². The number of carboxylic acids is 1. The van der Waals surface area contributed by atoms with Gasteiger partial charge >= 0.3 is 5.97 Å². The summed E-state index contributed by atoms with van der Waals surface area (Å²) in [5.41, 5.74) is 0. The quantitative estimate of drug-likeness (QED) is 0.632. The summed E-state index contributed by atoms with van der Waals surface area (Å²) in [6, 6.07) is 0. The van der Waals surface area contributed by atoms with E-state index < -0.39 is 10.8 Å². The first-order valence-electron chi connectivity index (χ1n) is 2.13. The topological polar surface area (TPSA) is 37.3 Å². The molecule has 0 aromatic rings. The Kier molecular flexibility index (Phi) is 4.01. The Morgan fingerprint density at radius 3 is 2.25 bits per heavy atom. The summed E-state index contributed by atoms with van der Waals surface area (Å²) in [6.45, 7) is 0. The van der Waals surface area contributed by atoms with Crippen LogP contribution < -0.4 is 0 Å². The first-order valence-corrected chi connectivity index (χ1v) is 3.00. The van der Waals surface area contributed by atoms with Crippen LogP contribution in [0.25, 0.3) is 0 Å². The SMILES string of the molecule is O=C(O)CCC(Cl)Cl. The lowest BCUT2D eigenvalue weighted by molar-refractivity contribution is -0.137. The van der Waals surface area contributed by atoms with E-state index in [1.807, 2.05) is 0 Å². The normalized spacial score (nSPS) is 9.88. The molecule has 0 aliphatic heterocycles. The van der Waals surface area contributed by atoms with Crippen LogP contribution in [0.2, 0.25) is 0 Å². The molecule has 0 heterocycles. The van der Waals surface area contributed by atoms with E-state index in [0.717, 1.165) is 0 Å². The van der Waals surface area contributed by atoms with Crippen molar-refractivity contribution in [3.8, 4) is 0 Å². The monoisotopic (exact) mass is 156 g/mol. The average Bonchev–Trinajstić information content (AvgIpc) is 1.61. The molecule has 8 heavy (non-hydrogen) atoms. The maximum atomic E-state index is 9.79. The standard InChI is InChI=1S/C4H6Cl2O2/c5-3(6)1-2-4(7)8/h3H,1-2H2,(H,7,8). The van der Waals surface area contributed by atoms with Crippen molar-refractivity contribution in [1.29, 1.82) is 0 Å². The fourth-order valence-corrected chi connectivity index (χ4v) is 0.451. The third kappa shape index (κ3) is 6.05. The molecule has 0 aromatic carbocycles. The van der Waals surface area contributed by atoms with Gasteiger partial charge in [-0.05, 0) is 6.42 Å². The molecule has 0 radical (unpaired) electrons. The number of hydrogen-bond donors (Lipinski definition) is 1. The molecule has 0 aromatic heterocycles. The van der Waals surface area contributed by atoms with Gasteiger partial charge in [0, 0.05) is 6.42 Å². The number of carbonyl (C=O) groups is 1. The lowest BCUT2D eigenvalue weighted by atomic mass is 10.3. The molecule has 0 aliphatic rings. The maximum Gasteiger partial charge on any atom is 0.303 e. The van der Waals surface area contributed by atoms with Gasteiger partial charge in [0.25, 0.3) is 0 Å². The van der Waals surface area contributed by atoms with E-state index in [9.17, 15) is 4.79 Å². The Morgan fingerprint density at radius 2 is 2.12 bits per heavy atom. The van der Waals surface area contributed by atoms with Crippen molar-refractivity contribution in [3.05, 3.63) is 0 Å². The van der Waals surface area contributed by atoms with E-state index in [-0.39, 0.29) is 6.42 Å². The van der Waals surface area contributed by atoms with Crippen LogP contribution in [0.1, 0.15) is 12.8 Å². The van der Waals surface area contributed by atoms with Gasteiger partial charge in [-0.2, -0.15) is 0 Å². The predicted molar refractivity (Wildman–Crippen MR) is 32.4 cm³/mol. The highest BCUT2D eigenvalue weighted by atomic mass is 35.5. The maximum absolute atomic E-state index is 9.79. The zero-order valence-corrected chi connectivity index (χ0v) is 5.61. The number of carboxylic acid groups (broad SMARTS) is 1. The van der Waals surface area contributed by atoms with Gasteiger partial charge in [-0.25, -0.2) is 0 Å².